The average molecular weight is 464 g/mol. The maximum Gasteiger partial charge on any atom is 0.416 e. The molecule has 1 amide bonds. The van der Waals surface area contributed by atoms with E-state index in [0.717, 1.165) is 12.1 Å². The molecule has 0 saturated heterocycles. The molecule has 0 saturated carbocycles. The van der Waals surface area contributed by atoms with Gasteiger partial charge < -0.3 is 4.90 Å². The van der Waals surface area contributed by atoms with Crippen LogP contribution in [0.15, 0.2) is 54.9 Å². The molecule has 4 aromatic rings. The Labute approximate surface area is 194 Å². The van der Waals surface area contributed by atoms with Crippen molar-refractivity contribution in [3.05, 3.63) is 83.1 Å². The number of pyridine rings is 1. The van der Waals surface area contributed by atoms with Gasteiger partial charge in [-0.25, -0.2) is 4.39 Å². The van der Waals surface area contributed by atoms with Crippen LogP contribution < -0.4 is 0 Å². The summed E-state index contributed by atoms with van der Waals surface area (Å²) in [5.74, 6) is -1.51. The highest BCUT2D eigenvalue weighted by Gasteiger charge is 2.45. The van der Waals surface area contributed by atoms with Crippen LogP contribution in [0.3, 0.4) is 0 Å². The number of nitrogens with zero attached hydrogens (tertiary/aromatic N) is 4. The molecule has 0 radical (unpaired) electrons. The maximum atomic E-state index is 15.4. The minimum atomic E-state index is -4.83. The van der Waals surface area contributed by atoms with Gasteiger partial charge in [-0.1, -0.05) is 12.1 Å². The summed E-state index contributed by atoms with van der Waals surface area (Å²) in [5.41, 5.74) is 0.183. The Morgan fingerprint density at radius 3 is 2.53 bits per heavy atom. The molecule has 0 bridgehead atoms. The van der Waals surface area contributed by atoms with Gasteiger partial charge in [0.15, 0.2) is 0 Å². The van der Waals surface area contributed by atoms with E-state index in [1.54, 1.807) is 64.0 Å². The predicted molar refractivity (Wildman–Crippen MR) is 124 cm³/mol. The van der Waals surface area contributed by atoms with Gasteiger partial charge in [0.1, 0.15) is 21.5 Å². The molecule has 1 aliphatic rings. The molecule has 0 unspecified atom stereocenters. The summed E-state index contributed by atoms with van der Waals surface area (Å²) in [4.78, 5) is 18.5. The van der Waals surface area contributed by atoms with E-state index in [0.29, 0.717) is 27.7 Å². The van der Waals surface area contributed by atoms with Crippen molar-refractivity contribution in [1.29, 1.82) is 0 Å². The third-order valence-corrected chi connectivity index (χ3v) is 6.33. The van der Waals surface area contributed by atoms with E-state index in [1.807, 2.05) is 0 Å². The highest BCUT2D eigenvalue weighted by molar-refractivity contribution is 6.42. The number of halogens is 4. The van der Waals surface area contributed by atoms with Crippen molar-refractivity contribution in [2.75, 3.05) is 0 Å². The molecule has 5 rings (SSSR count). The van der Waals surface area contributed by atoms with E-state index >= 15 is 4.39 Å². The lowest BCUT2D eigenvalue weighted by Crippen LogP contribution is -2.45. The van der Waals surface area contributed by atoms with Crippen LogP contribution >= 0.6 is 0 Å². The first-order valence-corrected chi connectivity index (χ1v) is 10.6. The zero-order chi connectivity index (χ0) is 24.4. The van der Waals surface area contributed by atoms with Crippen LogP contribution in [0.25, 0.3) is 22.0 Å². The minimum Gasteiger partial charge on any atom is -0.339 e. The van der Waals surface area contributed by atoms with E-state index in [-0.39, 0.29) is 5.56 Å². The van der Waals surface area contributed by atoms with Gasteiger partial charge in [0, 0.05) is 42.3 Å². The van der Waals surface area contributed by atoms with Crippen molar-refractivity contribution in [1.82, 2.24) is 19.7 Å². The summed E-state index contributed by atoms with van der Waals surface area (Å²) >= 11 is 0. The summed E-state index contributed by atoms with van der Waals surface area (Å²) in [5, 5.41) is 3.89. The zero-order valence-electron chi connectivity index (χ0n) is 18.6. The Hall–Kier alpha value is -3.62. The van der Waals surface area contributed by atoms with E-state index in [1.165, 1.54) is 11.1 Å². The lowest BCUT2D eigenvalue weighted by atomic mass is 9.59. The van der Waals surface area contributed by atoms with Crippen LogP contribution in [-0.4, -0.2) is 41.3 Å². The molecule has 170 valence electrons. The number of carbonyl (C=O) groups is 1. The molecule has 2 aromatic heterocycles. The lowest BCUT2D eigenvalue weighted by Gasteiger charge is -2.33. The highest BCUT2D eigenvalue weighted by Crippen LogP contribution is 2.41. The number of hydrogen-bond donors (Lipinski definition) is 0. The van der Waals surface area contributed by atoms with Gasteiger partial charge >= 0.3 is 6.18 Å². The van der Waals surface area contributed by atoms with Crippen molar-refractivity contribution >= 4 is 32.5 Å². The molecule has 0 aliphatic carbocycles. The molecule has 5 nitrogen and oxygen atoms in total. The van der Waals surface area contributed by atoms with Crippen LogP contribution in [0.4, 0.5) is 17.6 Å². The predicted octanol–water partition coefficient (Wildman–Crippen LogP) is 2.83. The monoisotopic (exact) mass is 464 g/mol. The molecule has 0 spiro atoms. The molecule has 34 heavy (non-hydrogen) atoms. The molecule has 1 aliphatic heterocycles. The number of amides is 1. The first-order chi connectivity index (χ1) is 16.0. The fourth-order valence-corrected chi connectivity index (χ4v) is 4.64. The van der Waals surface area contributed by atoms with E-state index in [9.17, 15) is 18.0 Å². The standard InChI is InChI=1S/C23H18B2F4N4O/c1-32-10-15-13(4-2-6-19(15)31-32)12-8-17(23(27,28)29)16(18(26)9-12)11-33-21(34)14-5-3-7-30-20(14)22(33,24)25/h2-10H,11,24-25H2,1H3. The fraction of sp³-hybridized carbons (Fsp3) is 0.174. The van der Waals surface area contributed by atoms with Crippen molar-refractivity contribution in [3.63, 3.8) is 0 Å². The van der Waals surface area contributed by atoms with Gasteiger partial charge in [0.25, 0.3) is 5.91 Å². The second-order valence-electron chi connectivity index (χ2n) is 8.87. The topological polar surface area (TPSA) is 51.0 Å². The quantitative estimate of drug-likeness (QED) is 0.347. The Morgan fingerprint density at radius 2 is 1.82 bits per heavy atom. The molecule has 0 atom stereocenters. The van der Waals surface area contributed by atoms with Gasteiger partial charge in [-0.2, -0.15) is 18.3 Å². The molecule has 3 heterocycles. The van der Waals surface area contributed by atoms with Gasteiger partial charge in [0.2, 0.25) is 0 Å². The normalized spacial score (nSPS) is 15.2. The number of hydrogen-bond acceptors (Lipinski definition) is 3. The van der Waals surface area contributed by atoms with Crippen LogP contribution in [0, 0.1) is 5.82 Å². The minimum absolute atomic E-state index is 0.0872. The van der Waals surface area contributed by atoms with Gasteiger partial charge in [-0.15, -0.1) is 0 Å². The van der Waals surface area contributed by atoms with Gasteiger partial charge in [-0.05, 0) is 41.5 Å². The van der Waals surface area contributed by atoms with E-state index in [4.69, 9.17) is 0 Å². The number of aromatic nitrogens is 3. The summed E-state index contributed by atoms with van der Waals surface area (Å²) in [7, 11) is 5.08. The number of alkyl halides is 3. The molecule has 2 aromatic carbocycles. The SMILES string of the molecule is BC1(B)c2ncccc2C(=O)N1Cc1c(F)cc(-c2cccc3nn(C)cc23)cc1C(F)(F)F. The maximum absolute atomic E-state index is 15.4. The van der Waals surface area contributed by atoms with Crippen molar-refractivity contribution in [3.8, 4) is 11.1 Å². The Balaban J connectivity index is 1.64. The Kier molecular flexibility index (Phi) is 4.86. The smallest absolute Gasteiger partial charge is 0.339 e. The summed E-state index contributed by atoms with van der Waals surface area (Å²) in [6, 6.07) is 10.2. The number of carbonyl (C=O) groups excluding carboxylic acids is 1. The number of fused-ring (bicyclic) bond motifs is 2. The second-order valence-corrected chi connectivity index (χ2v) is 8.87. The largest absolute Gasteiger partial charge is 0.416 e. The third kappa shape index (κ3) is 3.38. The Morgan fingerprint density at radius 1 is 1.09 bits per heavy atom. The second kappa shape index (κ2) is 7.44. The van der Waals surface area contributed by atoms with Gasteiger partial charge in [0.05, 0.1) is 22.3 Å². The van der Waals surface area contributed by atoms with Crippen LogP contribution in [0.1, 0.15) is 27.2 Å². The van der Waals surface area contributed by atoms with E-state index in [2.05, 4.69) is 10.1 Å². The lowest BCUT2D eigenvalue weighted by molar-refractivity contribution is -0.138. The number of aryl methyl sites for hydroxylation is 1. The zero-order valence-corrected chi connectivity index (χ0v) is 18.6. The molecular formula is C23H18B2F4N4O. The molecular weight excluding hydrogens is 446 g/mol. The number of rotatable bonds is 3. The van der Waals surface area contributed by atoms with Crippen molar-refractivity contribution < 1.29 is 22.4 Å². The molecule has 0 fully saturated rings. The summed E-state index contributed by atoms with van der Waals surface area (Å²) in [6.07, 6.45) is -1.63. The van der Waals surface area contributed by atoms with Crippen molar-refractivity contribution in [2.45, 2.75) is 18.1 Å². The number of benzene rings is 2. The first kappa shape index (κ1) is 22.2. The molecule has 11 heteroatoms. The molecule has 0 N–H and O–H groups in total. The van der Waals surface area contributed by atoms with Crippen LogP contribution in [0.2, 0.25) is 0 Å². The Bertz CT molecular complexity index is 1470. The highest BCUT2D eigenvalue weighted by atomic mass is 19.4. The fourth-order valence-electron chi connectivity index (χ4n) is 4.64. The average Bonchev–Trinajstić information content (AvgIpc) is 3.24. The van der Waals surface area contributed by atoms with Crippen molar-refractivity contribution in [2.24, 2.45) is 7.05 Å². The summed E-state index contributed by atoms with van der Waals surface area (Å²) < 4.78 is 59.5. The summed E-state index contributed by atoms with van der Waals surface area (Å²) in [6.45, 7) is -0.541. The van der Waals surface area contributed by atoms with E-state index < -0.39 is 40.9 Å². The van der Waals surface area contributed by atoms with Crippen LogP contribution in [0.5, 0.6) is 0 Å². The van der Waals surface area contributed by atoms with Crippen LogP contribution in [-0.2, 0) is 25.1 Å². The third-order valence-electron chi connectivity index (χ3n) is 6.33. The first-order valence-electron chi connectivity index (χ1n) is 10.6. The van der Waals surface area contributed by atoms with Gasteiger partial charge in [-0.3, -0.25) is 14.5 Å².